The fourth-order valence-electron chi connectivity index (χ4n) is 5.59. The van der Waals surface area contributed by atoms with Crippen molar-refractivity contribution in [3.8, 4) is 12.3 Å². The molecule has 0 saturated carbocycles. The molecule has 1 saturated heterocycles. The van der Waals surface area contributed by atoms with Crippen molar-refractivity contribution in [3.05, 3.63) is 98.8 Å². The molecule has 1 N–H and O–H groups in total. The maximum Gasteiger partial charge on any atom is 0.261 e. The molecule has 4 aromatic rings. The molecule has 0 radical (unpaired) electrons. The van der Waals surface area contributed by atoms with Crippen LogP contribution in [0.15, 0.2) is 65.7 Å². The first-order valence-corrected chi connectivity index (χ1v) is 15.7. The van der Waals surface area contributed by atoms with Gasteiger partial charge in [-0.3, -0.25) is 24.0 Å². The van der Waals surface area contributed by atoms with Crippen molar-refractivity contribution in [2.24, 2.45) is 0 Å². The van der Waals surface area contributed by atoms with Gasteiger partial charge in [0.1, 0.15) is 5.82 Å². The second-order valence-electron chi connectivity index (χ2n) is 11.7. The van der Waals surface area contributed by atoms with E-state index in [0.29, 0.717) is 54.2 Å². The summed E-state index contributed by atoms with van der Waals surface area (Å²) < 4.78 is 1.83. The van der Waals surface area contributed by atoms with Crippen LogP contribution in [0.1, 0.15) is 46.6 Å². The summed E-state index contributed by atoms with van der Waals surface area (Å²) >= 11 is 6.82. The second-order valence-corrected chi connectivity index (χ2v) is 12.1. The van der Waals surface area contributed by atoms with Crippen LogP contribution in [0.2, 0.25) is 5.02 Å². The number of nitrogens with one attached hydrogen (secondary N) is 1. The predicted molar refractivity (Wildman–Crippen MR) is 180 cm³/mol. The van der Waals surface area contributed by atoms with Crippen molar-refractivity contribution in [2.75, 3.05) is 45.2 Å². The number of anilines is 1. The summed E-state index contributed by atoms with van der Waals surface area (Å²) in [7, 11) is 4.01. The molecule has 0 unspecified atom stereocenters. The molecular weight excluding hydrogens is 586 g/mol. The number of carbonyl (C=O) groups is 1. The van der Waals surface area contributed by atoms with E-state index in [0.717, 1.165) is 42.3 Å². The van der Waals surface area contributed by atoms with E-state index in [-0.39, 0.29) is 11.5 Å². The van der Waals surface area contributed by atoms with E-state index < -0.39 is 0 Å². The second kappa shape index (κ2) is 15.2. The molecule has 2 aromatic heterocycles. The van der Waals surface area contributed by atoms with Crippen LogP contribution >= 0.6 is 11.6 Å². The maximum atomic E-state index is 13.9. The summed E-state index contributed by atoms with van der Waals surface area (Å²) in [6.45, 7) is 5.07. The summed E-state index contributed by atoms with van der Waals surface area (Å²) in [6, 6.07) is 14.7. The average molecular weight is 626 g/mol. The van der Waals surface area contributed by atoms with Gasteiger partial charge in [-0.05, 0) is 93.6 Å². The Morgan fingerprint density at radius 3 is 2.58 bits per heavy atom. The van der Waals surface area contributed by atoms with Crippen LogP contribution in [0.4, 0.5) is 5.69 Å². The van der Waals surface area contributed by atoms with Gasteiger partial charge in [0.25, 0.3) is 11.5 Å². The highest BCUT2D eigenvalue weighted by molar-refractivity contribution is 6.32. The number of aromatic nitrogens is 3. The number of benzene rings is 2. The molecule has 0 spiro atoms. The van der Waals surface area contributed by atoms with E-state index >= 15 is 0 Å². The topological polar surface area (TPSA) is 86.6 Å². The highest BCUT2D eigenvalue weighted by atomic mass is 35.5. The van der Waals surface area contributed by atoms with Gasteiger partial charge in [-0.1, -0.05) is 30.0 Å². The molecule has 234 valence electrons. The van der Waals surface area contributed by atoms with Crippen LogP contribution < -0.4 is 15.8 Å². The highest BCUT2D eigenvalue weighted by Gasteiger charge is 2.19. The third-order valence-electron chi connectivity index (χ3n) is 8.10. The summed E-state index contributed by atoms with van der Waals surface area (Å²) in [6.07, 6.45) is 12.8. The van der Waals surface area contributed by atoms with Gasteiger partial charge in [-0.15, -0.1) is 6.42 Å². The van der Waals surface area contributed by atoms with Crippen molar-refractivity contribution >= 4 is 34.1 Å². The lowest BCUT2D eigenvalue weighted by Gasteiger charge is -2.27. The fourth-order valence-corrected chi connectivity index (χ4v) is 5.81. The number of halogens is 1. The van der Waals surface area contributed by atoms with Crippen LogP contribution in [0.25, 0.3) is 10.9 Å². The van der Waals surface area contributed by atoms with Crippen molar-refractivity contribution in [3.63, 3.8) is 0 Å². The van der Waals surface area contributed by atoms with Gasteiger partial charge in [0, 0.05) is 54.8 Å². The molecule has 9 nitrogen and oxygen atoms in total. The smallest absolute Gasteiger partial charge is 0.261 e. The number of pyridine rings is 1. The Kier molecular flexibility index (Phi) is 10.8. The molecule has 1 fully saturated rings. The molecule has 2 aromatic carbocycles. The number of nitrogens with zero attached hydrogens (tertiary/aromatic N) is 6. The molecule has 1 aliphatic heterocycles. The fraction of sp³-hybridized carbons (Fsp3) is 0.371. The number of likely N-dealkylation sites (N-methyl/N-ethyl adjacent to an activating group) is 1. The molecule has 1 amide bonds. The third-order valence-corrected chi connectivity index (χ3v) is 8.45. The number of hydrogen-bond donors (Lipinski definition) is 1. The van der Waals surface area contributed by atoms with E-state index in [1.54, 1.807) is 30.6 Å². The van der Waals surface area contributed by atoms with Gasteiger partial charge >= 0.3 is 0 Å². The van der Waals surface area contributed by atoms with Crippen LogP contribution in [0, 0.1) is 12.3 Å². The van der Waals surface area contributed by atoms with Crippen LogP contribution in [-0.2, 0) is 26.2 Å². The Morgan fingerprint density at radius 2 is 1.89 bits per heavy atom. The minimum absolute atomic E-state index is 0.0584. The van der Waals surface area contributed by atoms with Gasteiger partial charge < -0.3 is 15.1 Å². The highest BCUT2D eigenvalue weighted by Crippen LogP contribution is 2.26. The van der Waals surface area contributed by atoms with E-state index in [9.17, 15) is 9.59 Å². The third kappa shape index (κ3) is 8.28. The van der Waals surface area contributed by atoms with Crippen molar-refractivity contribution in [1.82, 2.24) is 29.7 Å². The SMILES string of the molecule is C#CCN(Cc1cc2c(=O)n(CCN(C)C)c(CN3CCCCC3)nc2cc1Cl)c1ccc(C(=O)NCc2cccnc2)cc1. The van der Waals surface area contributed by atoms with Crippen LogP contribution in [0.5, 0.6) is 0 Å². The first-order chi connectivity index (χ1) is 21.8. The van der Waals surface area contributed by atoms with Gasteiger partial charge in [-0.2, -0.15) is 0 Å². The molecule has 0 atom stereocenters. The van der Waals surface area contributed by atoms with Crippen molar-refractivity contribution in [2.45, 2.75) is 45.4 Å². The number of carbonyl (C=O) groups excluding carboxylic acids is 1. The lowest BCUT2D eigenvalue weighted by atomic mass is 10.1. The van der Waals surface area contributed by atoms with Crippen LogP contribution in [-0.4, -0.2) is 70.5 Å². The normalized spacial score (nSPS) is 13.6. The number of likely N-dealkylation sites (tertiary alicyclic amines) is 1. The maximum absolute atomic E-state index is 13.9. The molecule has 1 aliphatic rings. The van der Waals surface area contributed by atoms with E-state index in [1.165, 1.54) is 19.3 Å². The largest absolute Gasteiger partial charge is 0.356 e. The molecule has 10 heteroatoms. The van der Waals surface area contributed by atoms with Gasteiger partial charge in [0.15, 0.2) is 0 Å². The first-order valence-electron chi connectivity index (χ1n) is 15.4. The molecule has 0 aliphatic carbocycles. The monoisotopic (exact) mass is 625 g/mol. The van der Waals surface area contributed by atoms with Crippen molar-refractivity contribution < 1.29 is 4.79 Å². The van der Waals surface area contributed by atoms with E-state index in [4.69, 9.17) is 23.0 Å². The van der Waals surface area contributed by atoms with Gasteiger partial charge in [-0.25, -0.2) is 4.98 Å². The Bertz CT molecular complexity index is 1710. The van der Waals surface area contributed by atoms with Gasteiger partial charge in [0.05, 0.1) is 24.0 Å². The zero-order valence-electron chi connectivity index (χ0n) is 26.0. The zero-order chi connectivity index (χ0) is 31.8. The minimum atomic E-state index is -0.177. The number of rotatable bonds is 12. The Hall–Kier alpha value is -4.23. The number of terminal acetylenes is 1. The average Bonchev–Trinajstić information content (AvgIpc) is 3.05. The standard InChI is InChI=1S/C35H40ClN7O2/c1-4-15-42(29-12-10-27(11-13-29)34(44)38-23-26-9-8-14-37-22-26)24-28-20-30-32(21-31(28)36)39-33(25-41-16-6-5-7-17-41)43(35(30)45)19-18-40(2)3/h1,8-14,20-22H,5-7,15-19,23-25H2,2-3H3,(H,38,44). The Balaban J connectivity index is 1.38. The zero-order valence-corrected chi connectivity index (χ0v) is 26.8. The lowest BCUT2D eigenvalue weighted by Crippen LogP contribution is -2.35. The molecule has 5 rings (SSSR count). The Labute approximate surface area is 269 Å². The number of piperidine rings is 1. The molecule has 3 heterocycles. The summed E-state index contributed by atoms with van der Waals surface area (Å²) in [5.41, 5.74) is 3.62. The molecular formula is C35H40ClN7O2. The first kappa shape index (κ1) is 32.2. The Morgan fingerprint density at radius 1 is 1.11 bits per heavy atom. The summed E-state index contributed by atoms with van der Waals surface area (Å²) in [5, 5.41) is 3.98. The molecule has 45 heavy (non-hydrogen) atoms. The minimum Gasteiger partial charge on any atom is -0.356 e. The van der Waals surface area contributed by atoms with E-state index in [1.807, 2.05) is 53.9 Å². The van der Waals surface area contributed by atoms with Gasteiger partial charge in [0.2, 0.25) is 0 Å². The predicted octanol–water partition coefficient (Wildman–Crippen LogP) is 4.56. The number of fused-ring (bicyclic) bond motifs is 1. The number of amides is 1. The van der Waals surface area contributed by atoms with E-state index in [2.05, 4.69) is 26.0 Å². The summed E-state index contributed by atoms with van der Waals surface area (Å²) in [5.74, 6) is 3.32. The van der Waals surface area contributed by atoms with Crippen molar-refractivity contribution in [1.29, 1.82) is 0 Å². The molecule has 0 bridgehead atoms. The lowest BCUT2D eigenvalue weighted by molar-refractivity contribution is 0.0951. The summed E-state index contributed by atoms with van der Waals surface area (Å²) in [4.78, 5) is 42.2. The quantitative estimate of drug-likeness (QED) is 0.231. The van der Waals surface area contributed by atoms with Crippen LogP contribution in [0.3, 0.4) is 0 Å². The number of hydrogen-bond acceptors (Lipinski definition) is 7.